The molecule has 1 unspecified atom stereocenters. The molecule has 1 heterocycles. The standard InChI is InChI=1S/C25H24FN3O2S/c1-15(28-14-16-4-3-5-20(10-16)31-2)17-6-7-18-12-24(32-23(18)11-17)25(30)29-22-9-8-19(26)13-21(22)27/h3-13,15,28H,14,27H2,1-2H3,(H,29,30). The van der Waals surface area contributed by atoms with Gasteiger partial charge in [0.25, 0.3) is 5.91 Å². The Labute approximate surface area is 190 Å². The van der Waals surface area contributed by atoms with Crippen LogP contribution in [0.2, 0.25) is 0 Å². The van der Waals surface area contributed by atoms with Crippen molar-refractivity contribution in [1.82, 2.24) is 5.32 Å². The Morgan fingerprint density at radius 2 is 1.97 bits per heavy atom. The number of halogens is 1. The molecule has 0 radical (unpaired) electrons. The summed E-state index contributed by atoms with van der Waals surface area (Å²) >= 11 is 1.41. The Hall–Kier alpha value is -3.42. The maximum atomic E-state index is 13.2. The third kappa shape index (κ3) is 4.90. The molecule has 1 amide bonds. The third-order valence-electron chi connectivity index (χ3n) is 5.28. The third-order valence-corrected chi connectivity index (χ3v) is 6.37. The van der Waals surface area contributed by atoms with Crippen LogP contribution in [0.4, 0.5) is 15.8 Å². The molecule has 4 N–H and O–H groups in total. The molecule has 0 aliphatic rings. The molecule has 0 aliphatic carbocycles. The molecular formula is C25H24FN3O2S. The topological polar surface area (TPSA) is 76.4 Å². The maximum absolute atomic E-state index is 13.2. The molecule has 0 saturated carbocycles. The fourth-order valence-electron chi connectivity index (χ4n) is 3.43. The fraction of sp³-hybridized carbons (Fsp3) is 0.160. The van der Waals surface area contributed by atoms with Crippen LogP contribution < -0.4 is 21.1 Å². The molecule has 4 aromatic rings. The number of carbonyl (C=O) groups excluding carboxylic acids is 1. The number of methoxy groups -OCH3 is 1. The van der Waals surface area contributed by atoms with E-state index >= 15 is 0 Å². The van der Waals surface area contributed by atoms with Crippen molar-refractivity contribution in [2.45, 2.75) is 19.5 Å². The predicted octanol–water partition coefficient (Wildman–Crippen LogP) is 5.73. The Bertz CT molecular complexity index is 1270. The number of rotatable bonds is 7. The Balaban J connectivity index is 1.46. The summed E-state index contributed by atoms with van der Waals surface area (Å²) in [5.41, 5.74) is 8.67. The van der Waals surface area contributed by atoms with Gasteiger partial charge in [-0.1, -0.05) is 24.3 Å². The number of nitrogen functional groups attached to an aromatic ring is 1. The molecule has 0 aliphatic heterocycles. The molecule has 5 nitrogen and oxygen atoms in total. The quantitative estimate of drug-likeness (QED) is 0.315. The van der Waals surface area contributed by atoms with Gasteiger partial charge in [0.1, 0.15) is 11.6 Å². The lowest BCUT2D eigenvalue weighted by Gasteiger charge is -2.15. The summed E-state index contributed by atoms with van der Waals surface area (Å²) < 4.78 is 19.5. The van der Waals surface area contributed by atoms with E-state index in [-0.39, 0.29) is 17.6 Å². The average Bonchev–Trinajstić information content (AvgIpc) is 3.23. The summed E-state index contributed by atoms with van der Waals surface area (Å²) in [7, 11) is 1.66. The lowest BCUT2D eigenvalue weighted by molar-refractivity contribution is 0.103. The molecule has 32 heavy (non-hydrogen) atoms. The minimum atomic E-state index is -0.441. The smallest absolute Gasteiger partial charge is 0.265 e. The highest BCUT2D eigenvalue weighted by Gasteiger charge is 2.14. The summed E-state index contributed by atoms with van der Waals surface area (Å²) in [6.45, 7) is 2.83. The fourth-order valence-corrected chi connectivity index (χ4v) is 4.44. The summed E-state index contributed by atoms with van der Waals surface area (Å²) in [4.78, 5) is 13.2. The van der Waals surface area contributed by atoms with Gasteiger partial charge in [-0.25, -0.2) is 4.39 Å². The van der Waals surface area contributed by atoms with Crippen molar-refractivity contribution in [3.05, 3.63) is 88.6 Å². The van der Waals surface area contributed by atoms with Gasteiger partial charge < -0.3 is 21.1 Å². The molecule has 7 heteroatoms. The maximum Gasteiger partial charge on any atom is 0.265 e. The second kappa shape index (κ2) is 9.38. The van der Waals surface area contributed by atoms with Gasteiger partial charge in [-0.3, -0.25) is 4.79 Å². The average molecular weight is 450 g/mol. The van der Waals surface area contributed by atoms with Gasteiger partial charge in [-0.2, -0.15) is 0 Å². The van der Waals surface area contributed by atoms with Crippen molar-refractivity contribution >= 4 is 38.7 Å². The molecule has 4 rings (SSSR count). The second-order valence-corrected chi connectivity index (χ2v) is 8.63. The van der Waals surface area contributed by atoms with Crippen molar-refractivity contribution in [3.63, 3.8) is 0 Å². The van der Waals surface area contributed by atoms with E-state index in [1.165, 1.54) is 29.5 Å². The number of benzene rings is 3. The van der Waals surface area contributed by atoms with Crippen LogP contribution in [-0.2, 0) is 6.54 Å². The van der Waals surface area contributed by atoms with Gasteiger partial charge in [-0.15, -0.1) is 11.3 Å². The van der Waals surface area contributed by atoms with E-state index in [4.69, 9.17) is 10.5 Å². The van der Waals surface area contributed by atoms with E-state index in [1.807, 2.05) is 30.3 Å². The molecule has 0 fully saturated rings. The summed E-state index contributed by atoms with van der Waals surface area (Å²) in [5, 5.41) is 7.28. The van der Waals surface area contributed by atoms with Crippen LogP contribution in [0.15, 0.2) is 66.7 Å². The van der Waals surface area contributed by atoms with Crippen LogP contribution >= 0.6 is 11.3 Å². The Morgan fingerprint density at radius 3 is 2.75 bits per heavy atom. The van der Waals surface area contributed by atoms with E-state index in [0.29, 0.717) is 17.1 Å². The molecule has 1 atom stereocenters. The summed E-state index contributed by atoms with van der Waals surface area (Å²) in [6, 6.07) is 20.1. The zero-order valence-electron chi connectivity index (χ0n) is 17.8. The van der Waals surface area contributed by atoms with Crippen LogP contribution in [0.1, 0.15) is 33.8 Å². The van der Waals surface area contributed by atoms with Crippen molar-refractivity contribution < 1.29 is 13.9 Å². The number of thiophene rings is 1. The first-order valence-corrected chi connectivity index (χ1v) is 11.0. The number of fused-ring (bicyclic) bond motifs is 1. The normalized spacial score (nSPS) is 12.0. The molecule has 0 bridgehead atoms. The number of nitrogens with two attached hydrogens (primary N) is 1. The molecular weight excluding hydrogens is 425 g/mol. The van der Waals surface area contributed by atoms with Crippen molar-refractivity contribution in [2.24, 2.45) is 0 Å². The van der Waals surface area contributed by atoms with Crippen LogP contribution in [0.5, 0.6) is 5.75 Å². The first-order chi connectivity index (χ1) is 15.4. The van der Waals surface area contributed by atoms with Crippen LogP contribution in [0, 0.1) is 5.82 Å². The van der Waals surface area contributed by atoms with Gasteiger partial charge in [0.15, 0.2) is 0 Å². The monoisotopic (exact) mass is 449 g/mol. The summed E-state index contributed by atoms with van der Waals surface area (Å²) in [5.74, 6) is 0.129. The van der Waals surface area contributed by atoms with Crippen LogP contribution in [0.25, 0.3) is 10.1 Å². The van der Waals surface area contributed by atoms with E-state index in [2.05, 4.69) is 35.8 Å². The Morgan fingerprint density at radius 1 is 1.12 bits per heavy atom. The lowest BCUT2D eigenvalue weighted by Crippen LogP contribution is -2.17. The van der Waals surface area contributed by atoms with Crippen molar-refractivity contribution in [2.75, 3.05) is 18.2 Å². The van der Waals surface area contributed by atoms with Crippen LogP contribution in [-0.4, -0.2) is 13.0 Å². The van der Waals surface area contributed by atoms with E-state index < -0.39 is 5.82 Å². The number of hydrogen-bond donors (Lipinski definition) is 3. The zero-order valence-corrected chi connectivity index (χ0v) is 18.6. The number of ether oxygens (including phenoxy) is 1. The second-order valence-electron chi connectivity index (χ2n) is 7.55. The van der Waals surface area contributed by atoms with Crippen molar-refractivity contribution in [1.29, 1.82) is 0 Å². The Kier molecular flexibility index (Phi) is 6.39. The van der Waals surface area contributed by atoms with Gasteiger partial charge in [0.2, 0.25) is 0 Å². The van der Waals surface area contributed by atoms with Gasteiger partial charge in [0.05, 0.1) is 23.4 Å². The largest absolute Gasteiger partial charge is 0.497 e. The van der Waals surface area contributed by atoms with Gasteiger partial charge >= 0.3 is 0 Å². The number of hydrogen-bond acceptors (Lipinski definition) is 5. The minimum Gasteiger partial charge on any atom is -0.497 e. The van der Waals surface area contributed by atoms with Gasteiger partial charge in [0, 0.05) is 17.3 Å². The molecule has 164 valence electrons. The van der Waals surface area contributed by atoms with E-state index in [9.17, 15) is 9.18 Å². The highest BCUT2D eigenvalue weighted by atomic mass is 32.1. The molecule has 0 spiro atoms. The number of anilines is 2. The minimum absolute atomic E-state index is 0.129. The van der Waals surface area contributed by atoms with E-state index in [0.717, 1.165) is 27.0 Å². The SMILES string of the molecule is COc1cccc(CNC(C)c2ccc3cc(C(=O)Nc4ccc(F)cc4N)sc3c2)c1. The number of amides is 1. The van der Waals surface area contributed by atoms with Crippen LogP contribution in [0.3, 0.4) is 0 Å². The number of carbonyl (C=O) groups is 1. The summed E-state index contributed by atoms with van der Waals surface area (Å²) in [6.07, 6.45) is 0. The molecule has 1 aromatic heterocycles. The zero-order chi connectivity index (χ0) is 22.7. The van der Waals surface area contributed by atoms with Gasteiger partial charge in [-0.05, 0) is 65.9 Å². The van der Waals surface area contributed by atoms with Crippen molar-refractivity contribution in [3.8, 4) is 5.75 Å². The highest BCUT2D eigenvalue weighted by molar-refractivity contribution is 7.20. The predicted molar refractivity (Wildman–Crippen MR) is 129 cm³/mol. The number of nitrogens with one attached hydrogen (secondary N) is 2. The molecule has 3 aromatic carbocycles. The highest BCUT2D eigenvalue weighted by Crippen LogP contribution is 2.30. The lowest BCUT2D eigenvalue weighted by atomic mass is 10.1. The first kappa shape index (κ1) is 21.8. The first-order valence-electron chi connectivity index (χ1n) is 10.2. The van der Waals surface area contributed by atoms with E-state index in [1.54, 1.807) is 7.11 Å². The molecule has 0 saturated heterocycles.